The molecule has 0 heterocycles. The Balaban J connectivity index is 1.62. The first-order valence-electron chi connectivity index (χ1n) is 10.3. The lowest BCUT2D eigenvalue weighted by atomic mass is 9.96. The van der Waals surface area contributed by atoms with Gasteiger partial charge in [-0.05, 0) is 54.9 Å². The van der Waals surface area contributed by atoms with Crippen molar-refractivity contribution in [2.75, 3.05) is 0 Å². The Kier molecular flexibility index (Phi) is 7.28. The number of carbonyl (C=O) groups excluding carboxylic acids is 2. The van der Waals surface area contributed by atoms with Crippen LogP contribution in [0.4, 0.5) is 0 Å². The van der Waals surface area contributed by atoms with Crippen molar-refractivity contribution >= 4 is 11.9 Å². The van der Waals surface area contributed by atoms with Crippen LogP contribution in [0.25, 0.3) is 0 Å². The summed E-state index contributed by atoms with van der Waals surface area (Å²) in [6.45, 7) is 1.98. The molecule has 0 aliphatic heterocycles. The first kappa shape index (κ1) is 20.9. The number of ether oxygens (including phenoxy) is 1. The predicted molar refractivity (Wildman–Crippen MR) is 109 cm³/mol. The molecule has 0 saturated heterocycles. The zero-order chi connectivity index (χ0) is 20.6. The highest BCUT2D eigenvalue weighted by molar-refractivity contribution is 5.78. The molecular formula is C24H28NO4-. The third-order valence-corrected chi connectivity index (χ3v) is 5.45. The summed E-state index contributed by atoms with van der Waals surface area (Å²) < 4.78 is 5.96. The Morgan fingerprint density at radius 3 is 2.28 bits per heavy atom. The summed E-state index contributed by atoms with van der Waals surface area (Å²) in [6, 6.07) is 16.5. The molecule has 1 fully saturated rings. The lowest BCUT2D eigenvalue weighted by Crippen LogP contribution is -2.34. The normalized spacial score (nSPS) is 16.2. The molecule has 1 N–H and O–H groups in total. The lowest BCUT2D eigenvalue weighted by molar-refractivity contribution is -0.306. The van der Waals surface area contributed by atoms with Crippen molar-refractivity contribution in [3.05, 3.63) is 65.7 Å². The van der Waals surface area contributed by atoms with Crippen LogP contribution >= 0.6 is 0 Å². The zero-order valence-corrected chi connectivity index (χ0v) is 16.8. The standard InChI is InChI=1S/C24H29NO4/c1-17(18-7-3-2-4-8-18)15-23(26)25-22(16-24(27)28)19-11-13-21(14-12-19)29-20-9-5-6-10-20/h2-4,7-8,11-14,17,20,22H,5-6,9-10,15-16H2,1H3,(H,25,26)(H,27,28)/p-1/t17-,22-/m1/s1. The number of hydrogen-bond acceptors (Lipinski definition) is 4. The maximum absolute atomic E-state index is 12.5. The van der Waals surface area contributed by atoms with Gasteiger partial charge in [0.25, 0.3) is 0 Å². The Morgan fingerprint density at radius 1 is 1.00 bits per heavy atom. The third-order valence-electron chi connectivity index (χ3n) is 5.45. The minimum atomic E-state index is -1.20. The Morgan fingerprint density at radius 2 is 1.66 bits per heavy atom. The number of rotatable bonds is 9. The van der Waals surface area contributed by atoms with Crippen LogP contribution in [0, 0.1) is 0 Å². The minimum absolute atomic E-state index is 0.0435. The topological polar surface area (TPSA) is 78.5 Å². The van der Waals surface area contributed by atoms with E-state index < -0.39 is 12.0 Å². The zero-order valence-electron chi connectivity index (χ0n) is 16.8. The number of carboxylic acid groups (broad SMARTS) is 1. The molecule has 5 nitrogen and oxygen atoms in total. The lowest BCUT2D eigenvalue weighted by Gasteiger charge is -2.22. The van der Waals surface area contributed by atoms with Crippen LogP contribution in [0.15, 0.2) is 54.6 Å². The van der Waals surface area contributed by atoms with Gasteiger partial charge in [0.2, 0.25) is 5.91 Å². The maximum atomic E-state index is 12.5. The highest BCUT2D eigenvalue weighted by Gasteiger charge is 2.19. The van der Waals surface area contributed by atoms with Gasteiger partial charge < -0.3 is 20.0 Å². The maximum Gasteiger partial charge on any atom is 0.221 e. The summed E-state index contributed by atoms with van der Waals surface area (Å²) in [5, 5.41) is 14.1. The van der Waals surface area contributed by atoms with Crippen molar-refractivity contribution in [3.8, 4) is 5.75 Å². The molecule has 5 heteroatoms. The molecule has 2 aromatic carbocycles. The molecule has 0 unspecified atom stereocenters. The van der Waals surface area contributed by atoms with Crippen LogP contribution in [0.1, 0.15) is 68.5 Å². The third kappa shape index (κ3) is 6.34. The molecule has 1 saturated carbocycles. The number of amides is 1. The van der Waals surface area contributed by atoms with Gasteiger partial charge in [0, 0.05) is 18.8 Å². The SMILES string of the molecule is C[C@H](CC(=O)N[C@H](CC(=O)[O-])c1ccc(OC2CCCC2)cc1)c1ccccc1. The van der Waals surface area contributed by atoms with Crippen LogP contribution in [-0.2, 0) is 9.59 Å². The highest BCUT2D eigenvalue weighted by atomic mass is 16.5. The van der Waals surface area contributed by atoms with E-state index in [9.17, 15) is 14.7 Å². The fourth-order valence-corrected chi connectivity index (χ4v) is 3.83. The van der Waals surface area contributed by atoms with E-state index in [1.165, 1.54) is 12.8 Å². The van der Waals surface area contributed by atoms with Gasteiger partial charge in [-0.2, -0.15) is 0 Å². The average Bonchev–Trinajstić information content (AvgIpc) is 3.21. The molecular weight excluding hydrogens is 366 g/mol. The second-order valence-electron chi connectivity index (χ2n) is 7.81. The van der Waals surface area contributed by atoms with Crippen molar-refractivity contribution in [2.45, 2.75) is 63.5 Å². The van der Waals surface area contributed by atoms with E-state index in [4.69, 9.17) is 4.74 Å². The molecule has 154 valence electrons. The Bertz CT molecular complexity index is 797. The minimum Gasteiger partial charge on any atom is -0.550 e. The van der Waals surface area contributed by atoms with Gasteiger partial charge in [-0.25, -0.2) is 0 Å². The monoisotopic (exact) mass is 394 g/mol. The average molecular weight is 394 g/mol. The number of nitrogens with one attached hydrogen (secondary N) is 1. The Labute approximate surface area is 172 Å². The molecule has 0 aromatic heterocycles. The van der Waals surface area contributed by atoms with Gasteiger partial charge in [-0.3, -0.25) is 4.79 Å². The predicted octanol–water partition coefficient (Wildman–Crippen LogP) is 3.50. The van der Waals surface area contributed by atoms with Crippen LogP contribution in [0.2, 0.25) is 0 Å². The van der Waals surface area contributed by atoms with Crippen molar-refractivity contribution in [1.82, 2.24) is 5.32 Å². The van der Waals surface area contributed by atoms with Gasteiger partial charge in [0.1, 0.15) is 5.75 Å². The van der Waals surface area contributed by atoms with Crippen molar-refractivity contribution in [2.24, 2.45) is 0 Å². The summed E-state index contributed by atoms with van der Waals surface area (Å²) in [5.74, 6) is -0.560. The van der Waals surface area contributed by atoms with Gasteiger partial charge in [0.05, 0.1) is 12.1 Å². The summed E-state index contributed by atoms with van der Waals surface area (Å²) in [6.07, 6.45) is 4.83. The van der Waals surface area contributed by atoms with E-state index in [2.05, 4.69) is 5.32 Å². The van der Waals surface area contributed by atoms with Gasteiger partial charge in [-0.1, -0.05) is 49.4 Å². The van der Waals surface area contributed by atoms with E-state index in [1.54, 1.807) is 0 Å². The van der Waals surface area contributed by atoms with Crippen molar-refractivity contribution in [3.63, 3.8) is 0 Å². The summed E-state index contributed by atoms with van der Waals surface area (Å²) in [5.41, 5.74) is 1.81. The van der Waals surface area contributed by atoms with Crippen LogP contribution in [-0.4, -0.2) is 18.0 Å². The fraction of sp³-hybridized carbons (Fsp3) is 0.417. The summed E-state index contributed by atoms with van der Waals surface area (Å²) in [4.78, 5) is 23.8. The molecule has 0 radical (unpaired) electrons. The number of carboxylic acids is 1. The molecule has 2 aromatic rings. The molecule has 0 spiro atoms. The molecule has 1 amide bonds. The van der Waals surface area contributed by atoms with E-state index in [0.717, 1.165) is 29.7 Å². The van der Waals surface area contributed by atoms with Gasteiger partial charge >= 0.3 is 0 Å². The quantitative estimate of drug-likeness (QED) is 0.706. The number of aliphatic carboxylic acids is 1. The molecule has 1 aliphatic rings. The highest BCUT2D eigenvalue weighted by Crippen LogP contribution is 2.26. The molecule has 3 rings (SSSR count). The number of carbonyl (C=O) groups is 2. The van der Waals surface area contributed by atoms with Crippen molar-refractivity contribution in [1.29, 1.82) is 0 Å². The van der Waals surface area contributed by atoms with E-state index >= 15 is 0 Å². The van der Waals surface area contributed by atoms with E-state index in [-0.39, 0.29) is 30.8 Å². The van der Waals surface area contributed by atoms with E-state index in [1.807, 2.05) is 61.5 Å². The first-order valence-corrected chi connectivity index (χ1v) is 10.3. The van der Waals surface area contributed by atoms with Gasteiger partial charge in [-0.15, -0.1) is 0 Å². The largest absolute Gasteiger partial charge is 0.550 e. The second-order valence-corrected chi connectivity index (χ2v) is 7.81. The van der Waals surface area contributed by atoms with Crippen LogP contribution in [0.3, 0.4) is 0 Å². The molecule has 1 aliphatic carbocycles. The number of hydrogen-bond donors (Lipinski definition) is 1. The summed E-state index contributed by atoms with van der Waals surface area (Å²) in [7, 11) is 0. The first-order chi connectivity index (χ1) is 14.0. The smallest absolute Gasteiger partial charge is 0.221 e. The number of benzene rings is 2. The second kappa shape index (κ2) is 10.1. The van der Waals surface area contributed by atoms with Gasteiger partial charge in [0.15, 0.2) is 0 Å². The van der Waals surface area contributed by atoms with Crippen LogP contribution in [0.5, 0.6) is 5.75 Å². The van der Waals surface area contributed by atoms with Crippen LogP contribution < -0.4 is 15.2 Å². The van der Waals surface area contributed by atoms with Crippen molar-refractivity contribution < 1.29 is 19.4 Å². The molecule has 2 atom stereocenters. The fourth-order valence-electron chi connectivity index (χ4n) is 3.83. The van der Waals surface area contributed by atoms with E-state index in [0.29, 0.717) is 0 Å². The molecule has 29 heavy (non-hydrogen) atoms. The summed E-state index contributed by atoms with van der Waals surface area (Å²) >= 11 is 0. The Hall–Kier alpha value is -2.82. The molecule has 0 bridgehead atoms.